The van der Waals surface area contributed by atoms with Gasteiger partial charge in [0, 0.05) is 35.9 Å². The number of halogens is 1. The number of carbonyl (C=O) groups excluding carboxylic acids is 1. The second-order valence-corrected chi connectivity index (χ2v) is 5.15. The lowest BCUT2D eigenvalue weighted by atomic mass is 9.99. The van der Waals surface area contributed by atoms with Crippen molar-refractivity contribution in [3.8, 4) is 0 Å². The number of nitrogens with zero attached hydrogens (tertiary/aromatic N) is 2. The first-order valence-electron chi connectivity index (χ1n) is 6.10. The van der Waals surface area contributed by atoms with Crippen LogP contribution in [-0.2, 0) is 0 Å². The fourth-order valence-corrected chi connectivity index (χ4v) is 2.88. The molecule has 0 aromatic carbocycles. The van der Waals surface area contributed by atoms with Crippen LogP contribution in [0.15, 0.2) is 24.5 Å². The van der Waals surface area contributed by atoms with E-state index in [0.29, 0.717) is 6.04 Å². The SMILES string of the molecule is O=C(c1ccncc1)N1CCCCC1CCBr. The minimum absolute atomic E-state index is 0.151. The highest BCUT2D eigenvalue weighted by atomic mass is 79.9. The van der Waals surface area contributed by atoms with Crippen LogP contribution in [-0.4, -0.2) is 33.7 Å². The number of carbonyl (C=O) groups is 1. The lowest BCUT2D eigenvalue weighted by Gasteiger charge is -2.35. The molecule has 1 unspecified atom stereocenters. The highest BCUT2D eigenvalue weighted by Crippen LogP contribution is 2.22. The van der Waals surface area contributed by atoms with Gasteiger partial charge in [-0.05, 0) is 37.8 Å². The van der Waals surface area contributed by atoms with Crippen LogP contribution < -0.4 is 0 Å². The molecule has 0 spiro atoms. The minimum Gasteiger partial charge on any atom is -0.336 e. The van der Waals surface area contributed by atoms with E-state index in [1.54, 1.807) is 24.5 Å². The van der Waals surface area contributed by atoms with Crippen LogP contribution in [0.25, 0.3) is 0 Å². The lowest BCUT2D eigenvalue weighted by molar-refractivity contribution is 0.0610. The molecule has 2 rings (SSSR count). The molecule has 17 heavy (non-hydrogen) atoms. The molecule has 1 aliphatic rings. The first kappa shape index (κ1) is 12.6. The van der Waals surface area contributed by atoms with Crippen LogP contribution in [0.2, 0.25) is 0 Å². The van der Waals surface area contributed by atoms with E-state index in [0.717, 1.165) is 36.7 Å². The van der Waals surface area contributed by atoms with Crippen molar-refractivity contribution in [1.29, 1.82) is 0 Å². The molecule has 92 valence electrons. The van der Waals surface area contributed by atoms with E-state index in [2.05, 4.69) is 20.9 Å². The zero-order valence-corrected chi connectivity index (χ0v) is 11.4. The Labute approximate surface area is 110 Å². The third-order valence-corrected chi connectivity index (χ3v) is 3.72. The predicted octanol–water partition coefficient (Wildman–Crippen LogP) is 2.86. The Hall–Kier alpha value is -0.900. The van der Waals surface area contributed by atoms with Crippen LogP contribution in [0, 0.1) is 0 Å². The molecule has 1 saturated heterocycles. The van der Waals surface area contributed by atoms with Crippen LogP contribution in [0.1, 0.15) is 36.0 Å². The van der Waals surface area contributed by atoms with E-state index in [1.165, 1.54) is 6.42 Å². The summed E-state index contributed by atoms with van der Waals surface area (Å²) < 4.78 is 0. The molecule has 1 aromatic rings. The zero-order valence-electron chi connectivity index (χ0n) is 9.81. The number of hydrogen-bond donors (Lipinski definition) is 0. The molecule has 0 aliphatic carbocycles. The van der Waals surface area contributed by atoms with Gasteiger partial charge in [0.25, 0.3) is 5.91 Å². The Morgan fingerprint density at radius 2 is 2.18 bits per heavy atom. The molecule has 0 N–H and O–H groups in total. The summed E-state index contributed by atoms with van der Waals surface area (Å²) in [7, 11) is 0. The summed E-state index contributed by atoms with van der Waals surface area (Å²) >= 11 is 3.47. The number of aromatic nitrogens is 1. The number of amides is 1. The van der Waals surface area contributed by atoms with Crippen molar-refractivity contribution in [2.24, 2.45) is 0 Å². The highest BCUT2D eigenvalue weighted by molar-refractivity contribution is 9.09. The third kappa shape index (κ3) is 3.06. The minimum atomic E-state index is 0.151. The summed E-state index contributed by atoms with van der Waals surface area (Å²) in [6, 6.07) is 3.98. The van der Waals surface area contributed by atoms with Crippen molar-refractivity contribution in [2.75, 3.05) is 11.9 Å². The van der Waals surface area contributed by atoms with Crippen molar-refractivity contribution >= 4 is 21.8 Å². The monoisotopic (exact) mass is 296 g/mol. The van der Waals surface area contributed by atoms with Gasteiger partial charge in [-0.25, -0.2) is 0 Å². The molecule has 1 aromatic heterocycles. The molecule has 0 saturated carbocycles. The second-order valence-electron chi connectivity index (χ2n) is 4.36. The largest absolute Gasteiger partial charge is 0.336 e. The van der Waals surface area contributed by atoms with Gasteiger partial charge in [0.05, 0.1) is 0 Å². The molecule has 1 aliphatic heterocycles. The smallest absolute Gasteiger partial charge is 0.254 e. The van der Waals surface area contributed by atoms with Gasteiger partial charge < -0.3 is 4.90 Å². The van der Waals surface area contributed by atoms with Crippen molar-refractivity contribution in [2.45, 2.75) is 31.7 Å². The molecule has 2 heterocycles. The molecule has 1 atom stereocenters. The van der Waals surface area contributed by atoms with Gasteiger partial charge in [0.15, 0.2) is 0 Å². The van der Waals surface area contributed by atoms with Crippen LogP contribution in [0.4, 0.5) is 0 Å². The maximum absolute atomic E-state index is 12.4. The van der Waals surface area contributed by atoms with Gasteiger partial charge >= 0.3 is 0 Å². The van der Waals surface area contributed by atoms with E-state index in [1.807, 2.05) is 4.90 Å². The number of likely N-dealkylation sites (tertiary alicyclic amines) is 1. The van der Waals surface area contributed by atoms with Gasteiger partial charge in [-0.3, -0.25) is 9.78 Å². The predicted molar refractivity (Wildman–Crippen MR) is 71.3 cm³/mol. The van der Waals surface area contributed by atoms with Gasteiger partial charge in [0.2, 0.25) is 0 Å². The lowest BCUT2D eigenvalue weighted by Crippen LogP contribution is -2.43. The van der Waals surface area contributed by atoms with Gasteiger partial charge in [-0.2, -0.15) is 0 Å². The van der Waals surface area contributed by atoms with Crippen molar-refractivity contribution in [1.82, 2.24) is 9.88 Å². The molecular formula is C13H17BrN2O. The van der Waals surface area contributed by atoms with Gasteiger partial charge in [-0.15, -0.1) is 0 Å². The van der Waals surface area contributed by atoms with E-state index >= 15 is 0 Å². The van der Waals surface area contributed by atoms with Crippen LogP contribution in [0.3, 0.4) is 0 Å². The molecule has 0 bridgehead atoms. The van der Waals surface area contributed by atoms with Crippen molar-refractivity contribution in [3.63, 3.8) is 0 Å². The van der Waals surface area contributed by atoms with E-state index in [-0.39, 0.29) is 5.91 Å². The fourth-order valence-electron chi connectivity index (χ4n) is 2.35. The highest BCUT2D eigenvalue weighted by Gasteiger charge is 2.26. The Bertz CT molecular complexity index is 367. The first-order chi connectivity index (χ1) is 8.33. The zero-order chi connectivity index (χ0) is 12.1. The van der Waals surface area contributed by atoms with E-state index in [9.17, 15) is 4.79 Å². The second kappa shape index (κ2) is 6.15. The molecule has 0 radical (unpaired) electrons. The maximum Gasteiger partial charge on any atom is 0.254 e. The number of pyridine rings is 1. The molecule has 1 fully saturated rings. The summed E-state index contributed by atoms with van der Waals surface area (Å²) in [5.74, 6) is 0.151. The number of piperidine rings is 1. The van der Waals surface area contributed by atoms with Gasteiger partial charge in [0.1, 0.15) is 0 Å². The summed E-state index contributed by atoms with van der Waals surface area (Å²) in [5.41, 5.74) is 0.751. The standard InChI is InChI=1S/C13H17BrN2O/c14-7-4-12-3-1-2-10-16(12)13(17)11-5-8-15-9-6-11/h5-6,8-9,12H,1-4,7,10H2. The Morgan fingerprint density at radius 3 is 2.88 bits per heavy atom. The van der Waals surface area contributed by atoms with Gasteiger partial charge in [-0.1, -0.05) is 15.9 Å². The molecule has 3 nitrogen and oxygen atoms in total. The normalized spacial score (nSPS) is 20.3. The topological polar surface area (TPSA) is 33.2 Å². The fraction of sp³-hybridized carbons (Fsp3) is 0.538. The first-order valence-corrected chi connectivity index (χ1v) is 7.22. The Morgan fingerprint density at radius 1 is 1.41 bits per heavy atom. The quantitative estimate of drug-likeness (QED) is 0.804. The van der Waals surface area contributed by atoms with Crippen LogP contribution >= 0.6 is 15.9 Å². The average Bonchev–Trinajstić information content (AvgIpc) is 2.40. The summed E-state index contributed by atoms with van der Waals surface area (Å²) in [6.45, 7) is 0.888. The summed E-state index contributed by atoms with van der Waals surface area (Å²) in [6.07, 6.45) is 7.87. The molecular weight excluding hydrogens is 280 g/mol. The summed E-state index contributed by atoms with van der Waals surface area (Å²) in [5, 5.41) is 0.956. The average molecular weight is 297 g/mol. The number of rotatable bonds is 3. The van der Waals surface area contributed by atoms with Crippen LogP contribution in [0.5, 0.6) is 0 Å². The Balaban J connectivity index is 2.11. The summed E-state index contributed by atoms with van der Waals surface area (Å²) in [4.78, 5) is 18.3. The van der Waals surface area contributed by atoms with E-state index < -0.39 is 0 Å². The third-order valence-electron chi connectivity index (χ3n) is 3.26. The number of hydrogen-bond acceptors (Lipinski definition) is 2. The number of alkyl halides is 1. The molecule has 1 amide bonds. The Kier molecular flexibility index (Phi) is 4.54. The van der Waals surface area contributed by atoms with Crippen molar-refractivity contribution in [3.05, 3.63) is 30.1 Å². The van der Waals surface area contributed by atoms with Crippen molar-refractivity contribution < 1.29 is 4.79 Å². The maximum atomic E-state index is 12.4. The van der Waals surface area contributed by atoms with E-state index in [4.69, 9.17) is 0 Å². The molecule has 4 heteroatoms.